The van der Waals surface area contributed by atoms with Crippen molar-refractivity contribution in [2.24, 2.45) is 0 Å². The summed E-state index contributed by atoms with van der Waals surface area (Å²) in [5.74, 6) is 0. The molecule has 74 valence electrons. The molecule has 1 N–H and O–H groups in total. The van der Waals surface area contributed by atoms with Crippen molar-refractivity contribution in [2.75, 3.05) is 6.61 Å². The average Bonchev–Trinajstić information content (AvgIpc) is 2.17. The summed E-state index contributed by atoms with van der Waals surface area (Å²) in [6.45, 7) is 4.06. The molecule has 0 aliphatic heterocycles. The average molecular weight is 207 g/mol. The Hall–Kier alpha value is -0.980. The van der Waals surface area contributed by atoms with Gasteiger partial charge in [0.1, 0.15) is 0 Å². The lowest BCUT2D eigenvalue weighted by molar-refractivity contribution is 0.265. The van der Waals surface area contributed by atoms with E-state index in [4.69, 9.17) is 10.4 Å². The van der Waals surface area contributed by atoms with Gasteiger partial charge in [-0.2, -0.15) is 5.26 Å². The third-order valence-electron chi connectivity index (χ3n) is 1.74. The van der Waals surface area contributed by atoms with E-state index in [0.717, 1.165) is 4.90 Å². The topological polar surface area (TPSA) is 44.0 Å². The number of thioether (sulfide) groups is 1. The zero-order valence-corrected chi connectivity index (χ0v) is 9.14. The van der Waals surface area contributed by atoms with E-state index >= 15 is 0 Å². The van der Waals surface area contributed by atoms with Gasteiger partial charge < -0.3 is 5.11 Å². The summed E-state index contributed by atoms with van der Waals surface area (Å²) in [6, 6.07) is 9.51. The standard InChI is InChI=1S/C11H13NOS/c1-11(2,8-13)14-10-5-3-4-9(6-10)7-12/h3-6,13H,8H2,1-2H3. The number of hydrogen-bond acceptors (Lipinski definition) is 3. The van der Waals surface area contributed by atoms with Gasteiger partial charge in [0.15, 0.2) is 0 Å². The fourth-order valence-corrected chi connectivity index (χ4v) is 2.02. The van der Waals surface area contributed by atoms with Crippen LogP contribution >= 0.6 is 11.8 Å². The van der Waals surface area contributed by atoms with Gasteiger partial charge in [-0.25, -0.2) is 0 Å². The summed E-state index contributed by atoms with van der Waals surface area (Å²) in [5, 5.41) is 17.8. The summed E-state index contributed by atoms with van der Waals surface area (Å²) >= 11 is 1.57. The monoisotopic (exact) mass is 207 g/mol. The molecule has 0 saturated carbocycles. The number of nitriles is 1. The van der Waals surface area contributed by atoms with Crippen LogP contribution in [0.3, 0.4) is 0 Å². The first-order valence-corrected chi connectivity index (χ1v) is 5.19. The van der Waals surface area contributed by atoms with Crippen LogP contribution in [0.4, 0.5) is 0 Å². The van der Waals surface area contributed by atoms with Gasteiger partial charge in [0, 0.05) is 9.64 Å². The van der Waals surface area contributed by atoms with E-state index < -0.39 is 0 Å². The zero-order valence-electron chi connectivity index (χ0n) is 8.32. The van der Waals surface area contributed by atoms with Crippen LogP contribution in [-0.2, 0) is 0 Å². The molecule has 3 heteroatoms. The molecule has 0 atom stereocenters. The highest BCUT2D eigenvalue weighted by Gasteiger charge is 2.17. The first-order chi connectivity index (χ1) is 6.57. The summed E-state index contributed by atoms with van der Waals surface area (Å²) in [7, 11) is 0. The molecule has 1 aromatic rings. The molecular weight excluding hydrogens is 194 g/mol. The second-order valence-electron chi connectivity index (χ2n) is 3.66. The number of aliphatic hydroxyl groups excluding tert-OH is 1. The Morgan fingerprint density at radius 2 is 2.21 bits per heavy atom. The first kappa shape index (κ1) is 11.1. The van der Waals surface area contributed by atoms with E-state index in [-0.39, 0.29) is 11.4 Å². The lowest BCUT2D eigenvalue weighted by atomic mass is 10.2. The van der Waals surface area contributed by atoms with E-state index in [9.17, 15) is 0 Å². The normalized spacial score (nSPS) is 11.0. The van der Waals surface area contributed by atoms with Crippen LogP contribution < -0.4 is 0 Å². The van der Waals surface area contributed by atoms with Crippen molar-refractivity contribution in [1.82, 2.24) is 0 Å². The number of benzene rings is 1. The maximum absolute atomic E-state index is 9.10. The molecule has 2 nitrogen and oxygen atoms in total. The van der Waals surface area contributed by atoms with Crippen LogP contribution in [0, 0.1) is 11.3 Å². The fraction of sp³-hybridized carbons (Fsp3) is 0.364. The van der Waals surface area contributed by atoms with E-state index in [1.807, 2.05) is 32.0 Å². The van der Waals surface area contributed by atoms with Gasteiger partial charge in [0.25, 0.3) is 0 Å². The van der Waals surface area contributed by atoms with Gasteiger partial charge in [-0.1, -0.05) is 6.07 Å². The third kappa shape index (κ3) is 3.06. The lowest BCUT2D eigenvalue weighted by Gasteiger charge is -2.20. The van der Waals surface area contributed by atoms with Crippen molar-refractivity contribution in [3.8, 4) is 6.07 Å². The molecule has 0 aromatic heterocycles. The molecular formula is C11H13NOS. The highest BCUT2D eigenvalue weighted by Crippen LogP contribution is 2.32. The molecule has 0 fully saturated rings. The van der Waals surface area contributed by atoms with E-state index in [2.05, 4.69) is 6.07 Å². The van der Waals surface area contributed by atoms with Crippen LogP contribution in [0.15, 0.2) is 29.2 Å². The van der Waals surface area contributed by atoms with Gasteiger partial charge in [0.05, 0.1) is 18.2 Å². The highest BCUT2D eigenvalue weighted by molar-refractivity contribution is 8.00. The smallest absolute Gasteiger partial charge is 0.0992 e. The Kier molecular flexibility index (Phi) is 3.56. The SMILES string of the molecule is CC(C)(CO)Sc1cccc(C#N)c1. The molecule has 0 spiro atoms. The predicted molar refractivity (Wildman–Crippen MR) is 58.2 cm³/mol. The van der Waals surface area contributed by atoms with E-state index in [0.29, 0.717) is 5.56 Å². The summed E-state index contributed by atoms with van der Waals surface area (Å²) < 4.78 is -0.200. The maximum atomic E-state index is 9.10. The number of hydrogen-bond donors (Lipinski definition) is 1. The van der Waals surface area contributed by atoms with E-state index in [1.54, 1.807) is 17.8 Å². The summed E-state index contributed by atoms with van der Waals surface area (Å²) in [4.78, 5) is 1.02. The minimum absolute atomic E-state index is 0.119. The van der Waals surface area contributed by atoms with Crippen LogP contribution in [0.2, 0.25) is 0 Å². The minimum atomic E-state index is -0.200. The molecule has 0 heterocycles. The van der Waals surface area contributed by atoms with Gasteiger partial charge in [0.2, 0.25) is 0 Å². The van der Waals surface area contributed by atoms with Crippen LogP contribution in [-0.4, -0.2) is 16.5 Å². The van der Waals surface area contributed by atoms with Crippen LogP contribution in [0.1, 0.15) is 19.4 Å². The predicted octanol–water partition coefficient (Wildman–Crippen LogP) is 2.42. The second kappa shape index (κ2) is 4.50. The van der Waals surface area contributed by atoms with Crippen molar-refractivity contribution in [1.29, 1.82) is 5.26 Å². The molecule has 0 amide bonds. The second-order valence-corrected chi connectivity index (χ2v) is 5.44. The van der Waals surface area contributed by atoms with Crippen molar-refractivity contribution in [3.05, 3.63) is 29.8 Å². The molecule has 1 rings (SSSR count). The molecule has 0 bridgehead atoms. The van der Waals surface area contributed by atoms with Gasteiger partial charge >= 0.3 is 0 Å². The third-order valence-corrected chi connectivity index (χ3v) is 2.91. The van der Waals surface area contributed by atoms with Crippen molar-refractivity contribution in [2.45, 2.75) is 23.5 Å². The van der Waals surface area contributed by atoms with Gasteiger partial charge in [-0.15, -0.1) is 11.8 Å². The minimum Gasteiger partial charge on any atom is -0.395 e. The highest BCUT2D eigenvalue weighted by atomic mass is 32.2. The Labute approximate surface area is 88.6 Å². The molecule has 0 saturated heterocycles. The van der Waals surface area contributed by atoms with Crippen molar-refractivity contribution < 1.29 is 5.11 Å². The van der Waals surface area contributed by atoms with E-state index in [1.165, 1.54) is 0 Å². The molecule has 0 unspecified atom stereocenters. The van der Waals surface area contributed by atoms with Crippen LogP contribution in [0.25, 0.3) is 0 Å². The Morgan fingerprint density at radius 1 is 1.50 bits per heavy atom. The molecule has 0 radical (unpaired) electrons. The molecule has 0 aliphatic carbocycles. The molecule has 1 aromatic carbocycles. The fourth-order valence-electron chi connectivity index (χ4n) is 0.980. The largest absolute Gasteiger partial charge is 0.395 e. The first-order valence-electron chi connectivity index (χ1n) is 4.37. The molecule has 14 heavy (non-hydrogen) atoms. The van der Waals surface area contributed by atoms with Crippen molar-refractivity contribution in [3.63, 3.8) is 0 Å². The Balaban J connectivity index is 2.83. The Morgan fingerprint density at radius 3 is 2.79 bits per heavy atom. The van der Waals surface area contributed by atoms with Gasteiger partial charge in [-0.3, -0.25) is 0 Å². The molecule has 0 aliphatic rings. The quantitative estimate of drug-likeness (QED) is 0.774. The van der Waals surface area contributed by atoms with Crippen LogP contribution in [0.5, 0.6) is 0 Å². The number of rotatable bonds is 3. The lowest BCUT2D eigenvalue weighted by Crippen LogP contribution is -2.19. The van der Waals surface area contributed by atoms with Crippen molar-refractivity contribution >= 4 is 11.8 Å². The van der Waals surface area contributed by atoms with Gasteiger partial charge in [-0.05, 0) is 32.0 Å². The number of aliphatic hydroxyl groups is 1. The Bertz CT molecular complexity index is 355. The summed E-state index contributed by atoms with van der Waals surface area (Å²) in [6.07, 6.45) is 0. The maximum Gasteiger partial charge on any atom is 0.0992 e. The zero-order chi connectivity index (χ0) is 10.6. The summed E-state index contributed by atoms with van der Waals surface area (Å²) in [5.41, 5.74) is 0.656. The number of nitrogens with zero attached hydrogens (tertiary/aromatic N) is 1.